The Morgan fingerprint density at radius 2 is 1.88 bits per heavy atom. The number of nitro groups is 2. The number of hydrogen-bond acceptors (Lipinski definition) is 8. The van der Waals surface area contributed by atoms with Gasteiger partial charge in [0.05, 0.1) is 15.9 Å². The van der Waals surface area contributed by atoms with Gasteiger partial charge < -0.3 is 4.84 Å². The highest BCUT2D eigenvalue weighted by Gasteiger charge is 2.25. The third-order valence-electron chi connectivity index (χ3n) is 3.00. The van der Waals surface area contributed by atoms with Crippen molar-refractivity contribution in [3.8, 4) is 0 Å². The van der Waals surface area contributed by atoms with Crippen LogP contribution in [0.3, 0.4) is 0 Å². The molecule has 1 aromatic carbocycles. The second kappa shape index (κ2) is 6.60. The lowest BCUT2D eigenvalue weighted by atomic mass is 10.1. The molecule has 0 atom stereocenters. The smallest absolute Gasteiger partial charge is 0.312 e. The van der Waals surface area contributed by atoms with Gasteiger partial charge in [-0.15, -0.1) is 0 Å². The minimum absolute atomic E-state index is 0.201. The lowest BCUT2D eigenvalue weighted by Gasteiger charge is -2.05. The van der Waals surface area contributed by atoms with E-state index in [4.69, 9.17) is 0 Å². The van der Waals surface area contributed by atoms with Crippen molar-refractivity contribution < 1.29 is 24.3 Å². The van der Waals surface area contributed by atoms with E-state index in [2.05, 4.69) is 9.99 Å². The first-order valence-electron chi connectivity index (χ1n) is 6.42. The van der Waals surface area contributed by atoms with E-state index in [0.29, 0.717) is 11.6 Å². The molecule has 2 rings (SSSR count). The van der Waals surface area contributed by atoms with Crippen LogP contribution in [0.1, 0.15) is 17.3 Å². The summed E-state index contributed by atoms with van der Waals surface area (Å²) in [6, 6.07) is 2.52. The molecule has 0 radical (unpaired) electrons. The molecule has 0 saturated heterocycles. The number of benzene rings is 1. The molecule has 0 N–H and O–H groups in total. The van der Waals surface area contributed by atoms with Crippen LogP contribution in [0.25, 0.3) is 0 Å². The zero-order valence-corrected chi connectivity index (χ0v) is 12.2. The van der Waals surface area contributed by atoms with Crippen LogP contribution in [-0.2, 0) is 9.63 Å². The molecule has 122 valence electrons. The van der Waals surface area contributed by atoms with E-state index in [0.717, 1.165) is 12.1 Å². The summed E-state index contributed by atoms with van der Waals surface area (Å²) in [4.78, 5) is 47.6. The molecule has 0 aliphatic heterocycles. The highest BCUT2D eigenvalue weighted by molar-refractivity contribution is 6.19. The number of non-ortho nitro benzene ring substituents is 1. The van der Waals surface area contributed by atoms with Crippen LogP contribution in [0.4, 0.5) is 11.4 Å². The summed E-state index contributed by atoms with van der Waals surface area (Å²) in [6.07, 6.45) is 3.82. The second-order valence-corrected chi connectivity index (χ2v) is 4.63. The van der Waals surface area contributed by atoms with Crippen molar-refractivity contribution in [2.24, 2.45) is 5.16 Å². The Kier molecular flexibility index (Phi) is 4.59. The average Bonchev–Trinajstić information content (AvgIpc) is 2.53. The molecule has 0 unspecified atom stereocenters. The van der Waals surface area contributed by atoms with Crippen molar-refractivity contribution in [3.05, 3.63) is 67.8 Å². The summed E-state index contributed by atoms with van der Waals surface area (Å²) in [5, 5.41) is 25.2. The van der Waals surface area contributed by atoms with Gasteiger partial charge in [-0.3, -0.25) is 25.0 Å². The number of allylic oxidation sites excluding steroid dienone is 4. The fraction of sp³-hybridized carbons (Fsp3) is 0.0714. The number of nitro benzene ring substituents is 2. The molecular formula is C14H9N3O7. The summed E-state index contributed by atoms with van der Waals surface area (Å²) in [6.45, 7) is 1.57. The van der Waals surface area contributed by atoms with E-state index in [-0.39, 0.29) is 11.5 Å². The van der Waals surface area contributed by atoms with Crippen molar-refractivity contribution in [3.63, 3.8) is 0 Å². The maximum atomic E-state index is 12.0. The Morgan fingerprint density at radius 1 is 1.17 bits per heavy atom. The molecule has 0 aromatic heterocycles. The van der Waals surface area contributed by atoms with Gasteiger partial charge in [-0.1, -0.05) is 5.16 Å². The van der Waals surface area contributed by atoms with E-state index < -0.39 is 32.8 Å². The maximum absolute atomic E-state index is 12.0. The van der Waals surface area contributed by atoms with Crippen LogP contribution in [0.5, 0.6) is 0 Å². The fourth-order valence-corrected chi connectivity index (χ4v) is 1.83. The SMILES string of the molecule is CC1=CC(=O)C=C/C1=N\OC(=O)c1ccc([N+](=O)[O-])cc1[N+](=O)[O-]. The van der Waals surface area contributed by atoms with Gasteiger partial charge in [0.25, 0.3) is 11.4 Å². The highest BCUT2D eigenvalue weighted by Crippen LogP contribution is 2.25. The standard InChI is InChI=1S/C14H9N3O7/c1-8-6-10(18)3-5-12(8)15-24-14(19)11-4-2-9(16(20)21)7-13(11)17(22)23/h2-7H,1H3/b15-12+. The zero-order chi connectivity index (χ0) is 17.9. The van der Waals surface area contributed by atoms with Gasteiger partial charge in [-0.05, 0) is 36.8 Å². The van der Waals surface area contributed by atoms with Gasteiger partial charge in [-0.2, -0.15) is 0 Å². The number of ketones is 1. The predicted octanol–water partition coefficient (Wildman–Crippen LogP) is 2.10. The Hall–Kier alpha value is -3.69. The minimum Gasteiger partial charge on any atom is -0.312 e. The van der Waals surface area contributed by atoms with Crippen molar-refractivity contribution in [2.45, 2.75) is 6.92 Å². The molecule has 10 nitrogen and oxygen atoms in total. The molecule has 24 heavy (non-hydrogen) atoms. The number of nitrogens with zero attached hydrogens (tertiary/aromatic N) is 3. The second-order valence-electron chi connectivity index (χ2n) is 4.63. The molecule has 0 saturated carbocycles. The topological polar surface area (TPSA) is 142 Å². The van der Waals surface area contributed by atoms with E-state index in [1.54, 1.807) is 6.92 Å². The van der Waals surface area contributed by atoms with Crippen LogP contribution in [0.15, 0.2) is 47.2 Å². The van der Waals surface area contributed by atoms with Gasteiger partial charge in [0.2, 0.25) is 0 Å². The maximum Gasteiger partial charge on any atom is 0.372 e. The fourth-order valence-electron chi connectivity index (χ4n) is 1.83. The van der Waals surface area contributed by atoms with Gasteiger partial charge in [0, 0.05) is 6.07 Å². The van der Waals surface area contributed by atoms with Crippen LogP contribution >= 0.6 is 0 Å². The summed E-state index contributed by atoms with van der Waals surface area (Å²) < 4.78 is 0. The van der Waals surface area contributed by atoms with E-state index in [1.165, 1.54) is 18.2 Å². The first kappa shape index (κ1) is 16.7. The van der Waals surface area contributed by atoms with Gasteiger partial charge in [0.15, 0.2) is 5.78 Å². The number of carbonyl (C=O) groups excluding carboxylic acids is 2. The number of hydrogen-bond donors (Lipinski definition) is 0. The third-order valence-corrected chi connectivity index (χ3v) is 3.00. The van der Waals surface area contributed by atoms with Gasteiger partial charge in [0.1, 0.15) is 11.3 Å². The Morgan fingerprint density at radius 3 is 2.46 bits per heavy atom. The largest absolute Gasteiger partial charge is 0.372 e. The van der Waals surface area contributed by atoms with Gasteiger partial charge in [-0.25, -0.2) is 4.79 Å². The lowest BCUT2D eigenvalue weighted by Crippen LogP contribution is -2.10. The summed E-state index contributed by atoms with van der Waals surface area (Å²) in [5.74, 6) is -1.40. The van der Waals surface area contributed by atoms with Crippen molar-refractivity contribution in [2.75, 3.05) is 0 Å². The molecule has 1 aliphatic rings. The molecule has 0 spiro atoms. The molecule has 0 fully saturated rings. The molecule has 10 heteroatoms. The number of oxime groups is 1. The van der Waals surface area contributed by atoms with E-state index in [1.807, 2.05) is 0 Å². The molecular weight excluding hydrogens is 322 g/mol. The summed E-state index contributed by atoms with van der Waals surface area (Å²) in [5.41, 5.74) is -1.12. The van der Waals surface area contributed by atoms with Crippen molar-refractivity contribution >= 4 is 28.8 Å². The van der Waals surface area contributed by atoms with E-state index in [9.17, 15) is 29.8 Å². The first-order valence-corrected chi connectivity index (χ1v) is 6.42. The van der Waals surface area contributed by atoms with Crippen LogP contribution in [0, 0.1) is 20.2 Å². The van der Waals surface area contributed by atoms with Crippen LogP contribution in [0.2, 0.25) is 0 Å². The highest BCUT2D eigenvalue weighted by atomic mass is 16.7. The van der Waals surface area contributed by atoms with Crippen molar-refractivity contribution in [1.82, 2.24) is 0 Å². The van der Waals surface area contributed by atoms with Crippen LogP contribution < -0.4 is 0 Å². The third kappa shape index (κ3) is 3.55. The molecule has 1 aromatic rings. The zero-order valence-electron chi connectivity index (χ0n) is 12.2. The summed E-state index contributed by atoms with van der Waals surface area (Å²) >= 11 is 0. The summed E-state index contributed by atoms with van der Waals surface area (Å²) in [7, 11) is 0. The van der Waals surface area contributed by atoms with Crippen molar-refractivity contribution in [1.29, 1.82) is 0 Å². The normalized spacial score (nSPS) is 15.1. The number of carbonyl (C=O) groups is 2. The Labute approximate surface area is 134 Å². The van der Waals surface area contributed by atoms with E-state index >= 15 is 0 Å². The van der Waals surface area contributed by atoms with Gasteiger partial charge >= 0.3 is 5.97 Å². The number of rotatable bonds is 4. The predicted molar refractivity (Wildman–Crippen MR) is 80.5 cm³/mol. The van der Waals surface area contributed by atoms with Crippen LogP contribution in [-0.4, -0.2) is 27.3 Å². The molecule has 0 amide bonds. The Balaban J connectivity index is 2.29. The Bertz CT molecular complexity index is 852. The average molecular weight is 331 g/mol. The quantitative estimate of drug-likeness (QED) is 0.356. The minimum atomic E-state index is -1.15. The molecule has 1 aliphatic carbocycles. The first-order chi connectivity index (χ1) is 11.3. The molecule has 0 bridgehead atoms. The monoisotopic (exact) mass is 331 g/mol. The lowest BCUT2D eigenvalue weighted by molar-refractivity contribution is -0.394. The molecule has 0 heterocycles.